The van der Waals surface area contributed by atoms with Gasteiger partial charge in [0, 0.05) is 42.9 Å². The monoisotopic (exact) mass is 285 g/mol. The first-order chi connectivity index (χ1) is 10.2. The second-order valence-electron chi connectivity index (χ2n) is 6.82. The molecule has 1 aromatic heterocycles. The van der Waals surface area contributed by atoms with Crippen molar-refractivity contribution in [3.63, 3.8) is 0 Å². The highest BCUT2D eigenvalue weighted by atomic mass is 16.2. The number of piperidine rings is 1. The summed E-state index contributed by atoms with van der Waals surface area (Å²) in [7, 11) is 2.03. The lowest BCUT2D eigenvalue weighted by Gasteiger charge is -2.40. The summed E-state index contributed by atoms with van der Waals surface area (Å²) < 4.78 is 2.00. The summed E-state index contributed by atoms with van der Waals surface area (Å²) >= 11 is 0. The van der Waals surface area contributed by atoms with E-state index in [-0.39, 0.29) is 5.92 Å². The molecule has 4 nitrogen and oxygen atoms in total. The van der Waals surface area contributed by atoms with Gasteiger partial charge in [-0.25, -0.2) is 0 Å². The second kappa shape index (κ2) is 5.00. The third kappa shape index (κ3) is 2.12. The molecular weight excluding hydrogens is 262 g/mol. The van der Waals surface area contributed by atoms with Crippen LogP contribution in [0.25, 0.3) is 0 Å². The lowest BCUT2D eigenvalue weighted by molar-refractivity contribution is -0.139. The molecule has 0 aromatic carbocycles. The quantitative estimate of drug-likeness (QED) is 0.783. The Balaban J connectivity index is 1.51. The number of aryl methyl sites for hydroxylation is 1. The molecule has 21 heavy (non-hydrogen) atoms. The molecule has 2 bridgehead atoms. The molecule has 2 fully saturated rings. The molecule has 3 aliphatic rings. The van der Waals surface area contributed by atoms with Crippen molar-refractivity contribution in [1.29, 1.82) is 0 Å². The largest absolute Gasteiger partial charge is 0.336 e. The number of allylic oxidation sites excluding steroid dienone is 2. The number of amides is 1. The first-order valence-corrected chi connectivity index (χ1v) is 8.19. The van der Waals surface area contributed by atoms with Crippen molar-refractivity contribution >= 4 is 5.91 Å². The second-order valence-corrected chi connectivity index (χ2v) is 6.82. The SMILES string of the molecule is Cn1nccc1C1CC2CCC(C1)N2C(=O)C1CC=CC1. The van der Waals surface area contributed by atoms with Crippen LogP contribution < -0.4 is 0 Å². The standard InChI is InChI=1S/C17H23N3O/c1-19-16(8-9-18-19)13-10-14-6-7-15(11-13)20(14)17(21)12-4-2-3-5-12/h2-3,8-9,12-15H,4-7,10-11H2,1H3. The zero-order valence-electron chi connectivity index (χ0n) is 12.6. The zero-order chi connectivity index (χ0) is 14.4. The number of nitrogens with zero attached hydrogens (tertiary/aromatic N) is 3. The van der Waals surface area contributed by atoms with Gasteiger partial charge >= 0.3 is 0 Å². The molecule has 2 unspecified atom stereocenters. The van der Waals surface area contributed by atoms with Crippen LogP contribution in [0.1, 0.15) is 50.1 Å². The van der Waals surface area contributed by atoms with Gasteiger partial charge in [0.25, 0.3) is 0 Å². The van der Waals surface area contributed by atoms with Gasteiger partial charge in [0.15, 0.2) is 0 Å². The molecule has 3 heterocycles. The Hall–Kier alpha value is -1.58. The van der Waals surface area contributed by atoms with Crippen molar-refractivity contribution in [2.75, 3.05) is 0 Å². The van der Waals surface area contributed by atoms with Crippen LogP contribution >= 0.6 is 0 Å². The van der Waals surface area contributed by atoms with E-state index in [2.05, 4.69) is 28.2 Å². The Morgan fingerprint density at radius 1 is 1.19 bits per heavy atom. The predicted octanol–water partition coefficient (Wildman–Crippen LogP) is 2.62. The van der Waals surface area contributed by atoms with Gasteiger partial charge in [-0.15, -0.1) is 0 Å². The minimum Gasteiger partial charge on any atom is -0.336 e. The van der Waals surface area contributed by atoms with Gasteiger partial charge in [-0.3, -0.25) is 9.48 Å². The Morgan fingerprint density at radius 3 is 2.43 bits per heavy atom. The molecule has 2 atom stereocenters. The van der Waals surface area contributed by atoms with E-state index in [1.807, 2.05) is 17.9 Å². The van der Waals surface area contributed by atoms with Crippen molar-refractivity contribution in [2.24, 2.45) is 13.0 Å². The van der Waals surface area contributed by atoms with Crippen LogP contribution in [-0.4, -0.2) is 32.7 Å². The fraction of sp³-hybridized carbons (Fsp3) is 0.647. The van der Waals surface area contributed by atoms with Gasteiger partial charge in [-0.2, -0.15) is 5.10 Å². The number of hydrogen-bond acceptors (Lipinski definition) is 2. The van der Waals surface area contributed by atoms with E-state index in [9.17, 15) is 4.79 Å². The summed E-state index contributed by atoms with van der Waals surface area (Å²) in [5.41, 5.74) is 1.33. The molecule has 2 aliphatic heterocycles. The lowest BCUT2D eigenvalue weighted by Crippen LogP contribution is -2.48. The highest BCUT2D eigenvalue weighted by molar-refractivity contribution is 5.80. The van der Waals surface area contributed by atoms with E-state index in [1.165, 1.54) is 18.5 Å². The minimum absolute atomic E-state index is 0.223. The Kier molecular flexibility index (Phi) is 3.12. The van der Waals surface area contributed by atoms with Crippen molar-refractivity contribution < 1.29 is 4.79 Å². The lowest BCUT2D eigenvalue weighted by atomic mass is 9.87. The number of rotatable bonds is 2. The van der Waals surface area contributed by atoms with E-state index < -0.39 is 0 Å². The highest BCUT2D eigenvalue weighted by Crippen LogP contribution is 2.44. The average molecular weight is 285 g/mol. The van der Waals surface area contributed by atoms with Crippen molar-refractivity contribution in [3.8, 4) is 0 Å². The summed E-state index contributed by atoms with van der Waals surface area (Å²) in [4.78, 5) is 15.0. The number of hydrogen-bond donors (Lipinski definition) is 0. The molecule has 0 N–H and O–H groups in total. The molecule has 112 valence electrons. The Bertz CT molecular complexity index is 554. The molecular formula is C17H23N3O. The molecule has 0 radical (unpaired) electrons. The Labute approximate surface area is 125 Å². The van der Waals surface area contributed by atoms with Gasteiger partial charge in [-0.1, -0.05) is 12.2 Å². The minimum atomic E-state index is 0.223. The zero-order valence-corrected chi connectivity index (χ0v) is 12.6. The molecule has 1 amide bonds. The van der Waals surface area contributed by atoms with E-state index in [0.29, 0.717) is 23.9 Å². The summed E-state index contributed by atoms with van der Waals surface area (Å²) in [6.45, 7) is 0. The molecule has 1 aromatic rings. The first kappa shape index (κ1) is 13.1. The Morgan fingerprint density at radius 2 is 1.86 bits per heavy atom. The maximum Gasteiger partial charge on any atom is 0.226 e. The summed E-state index contributed by atoms with van der Waals surface area (Å²) in [6.07, 6.45) is 12.7. The first-order valence-electron chi connectivity index (χ1n) is 8.19. The third-order valence-electron chi connectivity index (χ3n) is 5.62. The van der Waals surface area contributed by atoms with Crippen LogP contribution in [-0.2, 0) is 11.8 Å². The molecule has 1 aliphatic carbocycles. The van der Waals surface area contributed by atoms with E-state index in [1.54, 1.807) is 0 Å². The van der Waals surface area contributed by atoms with Gasteiger partial charge < -0.3 is 4.90 Å². The number of carbonyl (C=O) groups excluding carboxylic acids is 1. The van der Waals surface area contributed by atoms with Crippen LogP contribution in [0.4, 0.5) is 0 Å². The molecule has 0 saturated carbocycles. The summed E-state index contributed by atoms with van der Waals surface area (Å²) in [5, 5.41) is 4.31. The highest BCUT2D eigenvalue weighted by Gasteiger charge is 2.45. The average Bonchev–Trinajstić information content (AvgIpc) is 3.19. The van der Waals surface area contributed by atoms with Crippen LogP contribution in [0.5, 0.6) is 0 Å². The molecule has 4 rings (SSSR count). The number of fused-ring (bicyclic) bond motifs is 2. The fourth-order valence-corrected chi connectivity index (χ4v) is 4.59. The van der Waals surface area contributed by atoms with E-state index in [0.717, 1.165) is 25.7 Å². The van der Waals surface area contributed by atoms with Crippen LogP contribution in [0.3, 0.4) is 0 Å². The summed E-state index contributed by atoms with van der Waals surface area (Å²) in [5.74, 6) is 1.21. The smallest absolute Gasteiger partial charge is 0.226 e. The topological polar surface area (TPSA) is 38.1 Å². The number of carbonyl (C=O) groups is 1. The van der Waals surface area contributed by atoms with Crippen LogP contribution in [0.2, 0.25) is 0 Å². The van der Waals surface area contributed by atoms with Gasteiger partial charge in [-0.05, 0) is 44.6 Å². The molecule has 0 spiro atoms. The van der Waals surface area contributed by atoms with Crippen molar-refractivity contribution in [2.45, 2.75) is 56.5 Å². The van der Waals surface area contributed by atoms with Crippen molar-refractivity contribution in [1.82, 2.24) is 14.7 Å². The molecule has 4 heteroatoms. The van der Waals surface area contributed by atoms with Crippen molar-refractivity contribution in [3.05, 3.63) is 30.1 Å². The predicted molar refractivity (Wildman–Crippen MR) is 80.7 cm³/mol. The van der Waals surface area contributed by atoms with Gasteiger partial charge in [0.1, 0.15) is 0 Å². The summed E-state index contributed by atoms with van der Waals surface area (Å²) in [6, 6.07) is 3.05. The normalized spacial score (nSPS) is 32.0. The molecule has 2 saturated heterocycles. The maximum atomic E-state index is 12.8. The van der Waals surface area contributed by atoms with Crippen LogP contribution in [0, 0.1) is 5.92 Å². The van der Waals surface area contributed by atoms with Gasteiger partial charge in [0.2, 0.25) is 5.91 Å². The van der Waals surface area contributed by atoms with Crippen LogP contribution in [0.15, 0.2) is 24.4 Å². The fourth-order valence-electron chi connectivity index (χ4n) is 4.59. The number of aromatic nitrogens is 2. The third-order valence-corrected chi connectivity index (χ3v) is 5.62. The maximum absolute atomic E-state index is 12.8. The van der Waals surface area contributed by atoms with E-state index >= 15 is 0 Å². The van der Waals surface area contributed by atoms with E-state index in [4.69, 9.17) is 0 Å². The van der Waals surface area contributed by atoms with Gasteiger partial charge in [0.05, 0.1) is 0 Å².